The second kappa shape index (κ2) is 7.88. The van der Waals surface area contributed by atoms with Crippen LogP contribution in [0, 0.1) is 0 Å². The second-order valence-corrected chi connectivity index (χ2v) is 7.46. The van der Waals surface area contributed by atoms with Gasteiger partial charge in [0.15, 0.2) is 34.9 Å². The van der Waals surface area contributed by atoms with Crippen molar-refractivity contribution in [1.29, 1.82) is 0 Å². The zero-order chi connectivity index (χ0) is 24.2. The minimum Gasteiger partial charge on any atom is -0.504 e. The number of fused-ring (bicyclic) bond motifs is 3. The van der Waals surface area contributed by atoms with E-state index >= 15 is 0 Å². The highest BCUT2D eigenvalue weighted by atomic mass is 16.6. The van der Waals surface area contributed by atoms with E-state index < -0.39 is 83.6 Å². The van der Waals surface area contributed by atoms with Gasteiger partial charge in [-0.2, -0.15) is 0 Å². The van der Waals surface area contributed by atoms with Gasteiger partial charge in [0, 0.05) is 5.56 Å². The van der Waals surface area contributed by atoms with Crippen molar-refractivity contribution in [1.82, 2.24) is 0 Å². The molecule has 0 aliphatic carbocycles. The fourth-order valence-electron chi connectivity index (χ4n) is 3.71. The molecule has 0 spiro atoms. The zero-order valence-corrected chi connectivity index (χ0v) is 16.4. The van der Waals surface area contributed by atoms with Crippen molar-refractivity contribution >= 4 is 11.9 Å². The topological polar surface area (TPSA) is 224 Å². The Morgan fingerprint density at radius 3 is 2.12 bits per heavy atom. The van der Waals surface area contributed by atoms with Gasteiger partial charge in [0.05, 0.1) is 11.1 Å². The molecule has 2 aliphatic rings. The summed E-state index contributed by atoms with van der Waals surface area (Å²) in [7, 11) is 0. The van der Waals surface area contributed by atoms with E-state index in [0.717, 1.165) is 18.2 Å². The first-order valence-electron chi connectivity index (χ1n) is 9.43. The molecule has 0 bridgehead atoms. The molecule has 0 aromatic heterocycles. The zero-order valence-electron chi connectivity index (χ0n) is 16.4. The summed E-state index contributed by atoms with van der Waals surface area (Å²) in [6, 6.07) is 2.48. The van der Waals surface area contributed by atoms with Crippen LogP contribution in [0.2, 0.25) is 0 Å². The Bertz CT molecular complexity index is 1120. The van der Waals surface area contributed by atoms with E-state index in [1.807, 2.05) is 0 Å². The van der Waals surface area contributed by atoms with E-state index in [2.05, 4.69) is 0 Å². The van der Waals surface area contributed by atoms with E-state index in [1.165, 1.54) is 0 Å². The Labute approximate surface area is 183 Å². The maximum atomic E-state index is 12.3. The number of hydrogen-bond acceptors (Lipinski definition) is 13. The van der Waals surface area contributed by atoms with Crippen LogP contribution in [-0.2, 0) is 14.2 Å². The minimum absolute atomic E-state index is 0.304. The third-order valence-electron chi connectivity index (χ3n) is 5.41. The Kier molecular flexibility index (Phi) is 5.32. The SMILES string of the molecule is O=C(OC[C@H]1O[C@H]2c3c(cc(O)c(O)c3O)C(=O)O[C@@H]2[C@@H](O)[C@H]1O)c1cc(O)c(O)c(O)c1. The van der Waals surface area contributed by atoms with Crippen molar-refractivity contribution in [3.05, 3.63) is 34.9 Å². The van der Waals surface area contributed by atoms with Gasteiger partial charge in [0.2, 0.25) is 5.75 Å². The van der Waals surface area contributed by atoms with E-state index in [-0.39, 0.29) is 16.7 Å². The molecule has 13 heteroatoms. The number of carbonyl (C=O) groups is 2. The lowest BCUT2D eigenvalue weighted by Gasteiger charge is -2.44. The Morgan fingerprint density at radius 1 is 0.879 bits per heavy atom. The first-order valence-corrected chi connectivity index (χ1v) is 9.43. The number of carbonyl (C=O) groups excluding carboxylic acids is 2. The molecule has 0 unspecified atom stereocenters. The molecule has 176 valence electrons. The molecule has 2 aromatic carbocycles. The predicted molar refractivity (Wildman–Crippen MR) is 102 cm³/mol. The highest BCUT2D eigenvalue weighted by molar-refractivity contribution is 5.95. The molecule has 2 aromatic rings. The summed E-state index contributed by atoms with van der Waals surface area (Å²) >= 11 is 0. The van der Waals surface area contributed by atoms with Gasteiger partial charge in [0.25, 0.3) is 0 Å². The fraction of sp³-hybridized carbons (Fsp3) is 0.300. The summed E-state index contributed by atoms with van der Waals surface area (Å²) in [5.41, 5.74) is -0.998. The van der Waals surface area contributed by atoms with Gasteiger partial charge >= 0.3 is 11.9 Å². The van der Waals surface area contributed by atoms with Crippen LogP contribution in [0.5, 0.6) is 34.5 Å². The highest BCUT2D eigenvalue weighted by Crippen LogP contribution is 2.49. The Hall–Kier alpha value is -3.94. The van der Waals surface area contributed by atoms with Crippen LogP contribution in [0.3, 0.4) is 0 Å². The average Bonchev–Trinajstić information content (AvgIpc) is 2.77. The van der Waals surface area contributed by atoms with E-state index in [9.17, 15) is 50.4 Å². The lowest BCUT2D eigenvalue weighted by molar-refractivity contribution is -0.235. The number of aliphatic hydroxyl groups is 2. The average molecular weight is 466 g/mol. The largest absolute Gasteiger partial charge is 0.504 e. The van der Waals surface area contributed by atoms with Crippen molar-refractivity contribution in [2.24, 2.45) is 0 Å². The van der Waals surface area contributed by atoms with Gasteiger partial charge in [-0.15, -0.1) is 0 Å². The maximum Gasteiger partial charge on any atom is 0.339 e. The van der Waals surface area contributed by atoms with E-state index in [1.54, 1.807) is 0 Å². The molecule has 2 heterocycles. The van der Waals surface area contributed by atoms with Crippen LogP contribution < -0.4 is 0 Å². The molecule has 4 rings (SSSR count). The van der Waals surface area contributed by atoms with Crippen LogP contribution in [0.15, 0.2) is 18.2 Å². The number of phenolic OH excluding ortho intramolecular Hbond substituents is 6. The summed E-state index contributed by atoms with van der Waals surface area (Å²) in [5.74, 6) is -7.19. The van der Waals surface area contributed by atoms with Crippen molar-refractivity contribution in [2.75, 3.05) is 6.61 Å². The molecular formula is C20H18O13. The number of esters is 2. The normalized spacial score (nSPS) is 26.1. The predicted octanol–water partition coefficient (Wildman–Crippen LogP) is -0.522. The van der Waals surface area contributed by atoms with Gasteiger partial charge in [-0.1, -0.05) is 0 Å². The molecule has 0 radical (unpaired) electrons. The quantitative estimate of drug-likeness (QED) is 0.211. The molecular weight excluding hydrogens is 448 g/mol. The van der Waals surface area contributed by atoms with Crippen molar-refractivity contribution in [3.8, 4) is 34.5 Å². The summed E-state index contributed by atoms with van der Waals surface area (Å²) < 4.78 is 15.7. The molecule has 0 amide bonds. The first kappa shape index (κ1) is 22.3. The van der Waals surface area contributed by atoms with Crippen LogP contribution in [0.1, 0.15) is 32.4 Å². The Balaban J connectivity index is 1.58. The monoisotopic (exact) mass is 466 g/mol. The van der Waals surface area contributed by atoms with Gasteiger partial charge in [-0.25, -0.2) is 9.59 Å². The van der Waals surface area contributed by atoms with Crippen LogP contribution in [-0.4, -0.2) is 83.8 Å². The van der Waals surface area contributed by atoms with Crippen LogP contribution >= 0.6 is 0 Å². The number of hydrogen-bond donors (Lipinski definition) is 8. The molecule has 0 saturated carbocycles. The number of benzene rings is 2. The minimum atomic E-state index is -1.75. The maximum absolute atomic E-state index is 12.3. The van der Waals surface area contributed by atoms with E-state index in [4.69, 9.17) is 14.2 Å². The van der Waals surface area contributed by atoms with Crippen molar-refractivity contribution in [3.63, 3.8) is 0 Å². The summed E-state index contributed by atoms with van der Waals surface area (Å²) in [5, 5.41) is 79.0. The number of rotatable bonds is 3. The lowest BCUT2D eigenvalue weighted by atomic mass is 9.86. The standard InChI is InChI=1S/C20H18O13/c21-7-1-5(2-8(22)12(7)24)19(29)31-4-10-14(26)16(28)18-17(32-10)11-6(20(30)33-18)3-9(23)13(25)15(11)27/h1-3,10,14,16-18,21-28H,4H2/t10-,14+,16+,17+,18-/m1/s1. The molecule has 13 nitrogen and oxygen atoms in total. The van der Waals surface area contributed by atoms with Crippen molar-refractivity contribution in [2.45, 2.75) is 30.5 Å². The van der Waals surface area contributed by atoms with Crippen molar-refractivity contribution < 1.29 is 64.7 Å². The summed E-state index contributed by atoms with van der Waals surface area (Å²) in [4.78, 5) is 24.5. The van der Waals surface area contributed by atoms with Gasteiger partial charge < -0.3 is 55.1 Å². The number of phenols is 6. The molecule has 1 saturated heterocycles. The summed E-state index contributed by atoms with van der Waals surface area (Å²) in [6.07, 6.45) is -7.78. The molecule has 5 atom stereocenters. The number of ether oxygens (including phenoxy) is 3. The number of aromatic hydroxyl groups is 6. The molecule has 1 fully saturated rings. The molecule has 8 N–H and O–H groups in total. The van der Waals surface area contributed by atoms with E-state index in [0.29, 0.717) is 0 Å². The van der Waals surface area contributed by atoms with Crippen LogP contribution in [0.25, 0.3) is 0 Å². The Morgan fingerprint density at radius 2 is 1.48 bits per heavy atom. The first-order chi connectivity index (χ1) is 15.5. The van der Waals surface area contributed by atoms with Gasteiger partial charge in [-0.3, -0.25) is 0 Å². The molecule has 2 aliphatic heterocycles. The second-order valence-electron chi connectivity index (χ2n) is 7.46. The highest BCUT2D eigenvalue weighted by Gasteiger charge is 2.52. The third kappa shape index (κ3) is 3.57. The smallest absolute Gasteiger partial charge is 0.339 e. The van der Waals surface area contributed by atoms with Gasteiger partial charge in [-0.05, 0) is 18.2 Å². The fourth-order valence-corrected chi connectivity index (χ4v) is 3.71. The lowest BCUT2D eigenvalue weighted by Crippen LogP contribution is -2.58. The third-order valence-corrected chi connectivity index (χ3v) is 5.41. The molecule has 33 heavy (non-hydrogen) atoms. The van der Waals surface area contributed by atoms with Gasteiger partial charge in [0.1, 0.15) is 31.0 Å². The summed E-state index contributed by atoms with van der Waals surface area (Å²) in [6.45, 7) is -0.670. The van der Waals surface area contributed by atoms with Crippen LogP contribution in [0.4, 0.5) is 0 Å². The number of aliphatic hydroxyl groups excluding tert-OH is 2.